The first-order valence-corrected chi connectivity index (χ1v) is 7.67. The summed E-state index contributed by atoms with van der Waals surface area (Å²) >= 11 is 0. The van der Waals surface area contributed by atoms with E-state index in [1.807, 2.05) is 0 Å². The Morgan fingerprint density at radius 3 is 2.27 bits per heavy atom. The largest absolute Gasteiger partial charge is 0.416 e. The number of nitrogens with one attached hydrogen (secondary N) is 2. The zero-order chi connectivity index (χ0) is 19.2. The highest BCUT2D eigenvalue weighted by molar-refractivity contribution is 6.09. The number of carbonyl (C=O) groups excluding carboxylic acids is 2. The van der Waals surface area contributed by atoms with Crippen LogP contribution in [0.4, 0.5) is 18.9 Å². The molecule has 0 fully saturated rings. The number of alkyl halides is 3. The first-order valence-electron chi connectivity index (χ1n) is 7.67. The van der Waals surface area contributed by atoms with Crippen LogP contribution in [0.15, 0.2) is 48.5 Å². The molecule has 8 heteroatoms. The molecule has 0 heterocycles. The van der Waals surface area contributed by atoms with Crippen LogP contribution in [0.3, 0.4) is 0 Å². The summed E-state index contributed by atoms with van der Waals surface area (Å²) in [7, 11) is 1.50. The fourth-order valence-electron chi connectivity index (χ4n) is 2.16. The minimum Gasteiger partial charge on any atom is -0.383 e. The highest BCUT2D eigenvalue weighted by atomic mass is 19.4. The predicted octanol–water partition coefficient (Wildman–Crippen LogP) is 3.33. The Hall–Kier alpha value is -2.87. The molecule has 2 aromatic carbocycles. The van der Waals surface area contributed by atoms with Gasteiger partial charge in [-0.05, 0) is 36.4 Å². The van der Waals surface area contributed by atoms with Crippen molar-refractivity contribution in [2.45, 2.75) is 6.18 Å². The molecule has 0 aliphatic rings. The first kappa shape index (κ1) is 19.5. The van der Waals surface area contributed by atoms with E-state index in [4.69, 9.17) is 4.74 Å². The average Bonchev–Trinajstić information content (AvgIpc) is 2.61. The lowest BCUT2D eigenvalue weighted by molar-refractivity contribution is -0.137. The van der Waals surface area contributed by atoms with Crippen LogP contribution in [0.5, 0.6) is 0 Å². The van der Waals surface area contributed by atoms with Gasteiger partial charge in [0.25, 0.3) is 11.8 Å². The number of amides is 2. The molecule has 0 aliphatic carbocycles. The normalized spacial score (nSPS) is 11.1. The SMILES string of the molecule is COCCNC(=O)c1ccccc1NC(=O)c1ccc(C(F)(F)F)cc1. The zero-order valence-corrected chi connectivity index (χ0v) is 13.9. The Morgan fingerprint density at radius 2 is 1.65 bits per heavy atom. The summed E-state index contributed by atoms with van der Waals surface area (Å²) in [6.07, 6.45) is -4.47. The third-order valence-corrected chi connectivity index (χ3v) is 3.49. The molecule has 26 heavy (non-hydrogen) atoms. The average molecular weight is 366 g/mol. The Kier molecular flexibility index (Phi) is 6.35. The summed E-state index contributed by atoms with van der Waals surface area (Å²) < 4.78 is 42.6. The monoisotopic (exact) mass is 366 g/mol. The van der Waals surface area contributed by atoms with Crippen molar-refractivity contribution in [3.63, 3.8) is 0 Å². The number of carbonyl (C=O) groups is 2. The van der Waals surface area contributed by atoms with Crippen molar-refractivity contribution in [3.05, 3.63) is 65.2 Å². The molecule has 138 valence electrons. The van der Waals surface area contributed by atoms with Crippen molar-refractivity contribution < 1.29 is 27.5 Å². The molecule has 0 saturated carbocycles. The van der Waals surface area contributed by atoms with Gasteiger partial charge in [0.15, 0.2) is 0 Å². The fourth-order valence-corrected chi connectivity index (χ4v) is 2.16. The molecule has 2 rings (SSSR count). The van der Waals surface area contributed by atoms with E-state index in [2.05, 4.69) is 10.6 Å². The number of methoxy groups -OCH3 is 1. The maximum absolute atomic E-state index is 12.6. The van der Waals surface area contributed by atoms with Crippen LogP contribution < -0.4 is 10.6 Å². The van der Waals surface area contributed by atoms with Gasteiger partial charge in [-0.15, -0.1) is 0 Å². The number of hydrogen-bond donors (Lipinski definition) is 2. The molecule has 0 atom stereocenters. The van der Waals surface area contributed by atoms with Crippen LogP contribution in [0.1, 0.15) is 26.3 Å². The highest BCUT2D eigenvalue weighted by Crippen LogP contribution is 2.29. The van der Waals surface area contributed by atoms with E-state index in [-0.39, 0.29) is 16.8 Å². The second-order valence-electron chi connectivity index (χ2n) is 5.32. The number of ether oxygens (including phenoxy) is 1. The van der Waals surface area contributed by atoms with Gasteiger partial charge in [0.1, 0.15) is 0 Å². The topological polar surface area (TPSA) is 67.4 Å². The van der Waals surface area contributed by atoms with Gasteiger partial charge in [-0.2, -0.15) is 13.2 Å². The molecule has 2 aromatic rings. The van der Waals surface area contributed by atoms with Crippen LogP contribution in [0.25, 0.3) is 0 Å². The number of para-hydroxylation sites is 1. The molecule has 0 aliphatic heterocycles. The minimum atomic E-state index is -4.47. The molecule has 2 amide bonds. The van der Waals surface area contributed by atoms with E-state index in [0.717, 1.165) is 24.3 Å². The van der Waals surface area contributed by atoms with Crippen LogP contribution >= 0.6 is 0 Å². The van der Waals surface area contributed by atoms with Crippen molar-refractivity contribution in [2.24, 2.45) is 0 Å². The molecular weight excluding hydrogens is 349 g/mol. The summed E-state index contributed by atoms with van der Waals surface area (Å²) in [4.78, 5) is 24.4. The Labute approximate surface area is 148 Å². The van der Waals surface area contributed by atoms with Gasteiger partial charge < -0.3 is 15.4 Å². The van der Waals surface area contributed by atoms with Crippen LogP contribution in [-0.2, 0) is 10.9 Å². The molecular formula is C18H17F3N2O3. The van der Waals surface area contributed by atoms with E-state index in [0.29, 0.717) is 13.2 Å². The smallest absolute Gasteiger partial charge is 0.383 e. The quantitative estimate of drug-likeness (QED) is 0.771. The van der Waals surface area contributed by atoms with Crippen molar-refractivity contribution in [3.8, 4) is 0 Å². The van der Waals surface area contributed by atoms with Gasteiger partial charge >= 0.3 is 6.18 Å². The van der Waals surface area contributed by atoms with Crippen LogP contribution in [0, 0.1) is 0 Å². The maximum Gasteiger partial charge on any atom is 0.416 e. The maximum atomic E-state index is 12.6. The van der Waals surface area contributed by atoms with Crippen molar-refractivity contribution in [2.75, 3.05) is 25.6 Å². The van der Waals surface area contributed by atoms with Gasteiger partial charge in [0.05, 0.1) is 23.4 Å². The van der Waals surface area contributed by atoms with E-state index >= 15 is 0 Å². The lowest BCUT2D eigenvalue weighted by Gasteiger charge is -2.12. The van der Waals surface area contributed by atoms with E-state index < -0.39 is 23.6 Å². The number of hydrogen-bond acceptors (Lipinski definition) is 3. The fraction of sp³-hybridized carbons (Fsp3) is 0.222. The molecule has 2 N–H and O–H groups in total. The lowest BCUT2D eigenvalue weighted by atomic mass is 10.1. The molecule has 5 nitrogen and oxygen atoms in total. The molecule has 0 bridgehead atoms. The second kappa shape index (κ2) is 8.48. The standard InChI is InChI=1S/C18H17F3N2O3/c1-26-11-10-22-17(25)14-4-2-3-5-15(14)23-16(24)12-6-8-13(9-7-12)18(19,20)21/h2-9H,10-11H2,1H3,(H,22,25)(H,23,24). The molecule has 0 aromatic heterocycles. The van der Waals surface area contributed by atoms with Crippen molar-refractivity contribution in [1.82, 2.24) is 5.32 Å². The summed E-state index contributed by atoms with van der Waals surface area (Å²) in [5, 5.41) is 5.18. The summed E-state index contributed by atoms with van der Waals surface area (Å²) in [6, 6.07) is 10.2. The van der Waals surface area contributed by atoms with Gasteiger partial charge in [-0.25, -0.2) is 0 Å². The number of rotatable bonds is 6. The Morgan fingerprint density at radius 1 is 1.00 bits per heavy atom. The summed E-state index contributed by atoms with van der Waals surface area (Å²) in [6.45, 7) is 0.641. The van der Waals surface area contributed by atoms with Crippen LogP contribution in [-0.4, -0.2) is 32.1 Å². The van der Waals surface area contributed by atoms with Crippen LogP contribution in [0.2, 0.25) is 0 Å². The molecule has 0 radical (unpaired) electrons. The Balaban J connectivity index is 2.13. The van der Waals surface area contributed by atoms with E-state index in [9.17, 15) is 22.8 Å². The van der Waals surface area contributed by atoms with E-state index in [1.54, 1.807) is 12.1 Å². The van der Waals surface area contributed by atoms with Gasteiger partial charge in [-0.3, -0.25) is 9.59 Å². The number of anilines is 1. The van der Waals surface area contributed by atoms with Gasteiger partial charge in [-0.1, -0.05) is 12.1 Å². The first-order chi connectivity index (χ1) is 12.3. The third-order valence-electron chi connectivity index (χ3n) is 3.49. The van der Waals surface area contributed by atoms with Crippen molar-refractivity contribution >= 4 is 17.5 Å². The highest BCUT2D eigenvalue weighted by Gasteiger charge is 2.30. The zero-order valence-electron chi connectivity index (χ0n) is 13.9. The molecule has 0 spiro atoms. The third kappa shape index (κ3) is 5.06. The summed E-state index contributed by atoms with van der Waals surface area (Å²) in [5.74, 6) is -1.01. The Bertz CT molecular complexity index is 774. The molecule has 0 saturated heterocycles. The molecule has 0 unspecified atom stereocenters. The van der Waals surface area contributed by atoms with Gasteiger partial charge in [0, 0.05) is 19.2 Å². The number of halogens is 3. The number of benzene rings is 2. The van der Waals surface area contributed by atoms with Crippen molar-refractivity contribution in [1.29, 1.82) is 0 Å². The summed E-state index contributed by atoms with van der Waals surface area (Å²) in [5.41, 5.74) is -0.296. The lowest BCUT2D eigenvalue weighted by Crippen LogP contribution is -2.28. The predicted molar refractivity (Wildman–Crippen MR) is 90.0 cm³/mol. The van der Waals surface area contributed by atoms with Gasteiger partial charge in [0.2, 0.25) is 0 Å². The minimum absolute atomic E-state index is 0.0487. The second-order valence-corrected chi connectivity index (χ2v) is 5.32. The van der Waals surface area contributed by atoms with E-state index in [1.165, 1.54) is 19.2 Å².